The fourth-order valence-electron chi connectivity index (χ4n) is 2.19. The molecule has 0 fully saturated rings. The molecule has 1 heterocycles. The van der Waals surface area contributed by atoms with Crippen molar-refractivity contribution in [1.82, 2.24) is 5.32 Å². The van der Waals surface area contributed by atoms with Crippen LogP contribution >= 0.6 is 0 Å². The molecule has 92 valence electrons. The van der Waals surface area contributed by atoms with E-state index < -0.39 is 0 Å². The number of hydrogen-bond donors (Lipinski definition) is 1. The normalized spacial score (nSPS) is 14.0. The van der Waals surface area contributed by atoms with Crippen molar-refractivity contribution in [3.8, 4) is 0 Å². The Bertz CT molecular complexity index is 269. The molecule has 1 N–H and O–H groups in total. The van der Waals surface area contributed by atoms with Crippen LogP contribution in [0.4, 0.5) is 0 Å². The molecule has 1 aromatic heterocycles. The first-order valence-electron chi connectivity index (χ1n) is 6.27. The average molecular weight is 223 g/mol. The van der Waals surface area contributed by atoms with Crippen molar-refractivity contribution >= 4 is 0 Å². The average Bonchev–Trinajstić information content (AvgIpc) is 2.69. The third kappa shape index (κ3) is 3.67. The molecule has 0 bridgehead atoms. The Morgan fingerprint density at radius 3 is 2.19 bits per heavy atom. The highest BCUT2D eigenvalue weighted by Gasteiger charge is 2.18. The zero-order valence-corrected chi connectivity index (χ0v) is 11.2. The third-order valence-corrected chi connectivity index (χ3v) is 3.42. The fourth-order valence-corrected chi connectivity index (χ4v) is 2.19. The van der Waals surface area contributed by atoms with Gasteiger partial charge in [0.05, 0.1) is 12.5 Å². The zero-order valence-electron chi connectivity index (χ0n) is 11.2. The Morgan fingerprint density at radius 1 is 1.12 bits per heavy atom. The molecule has 0 radical (unpaired) electrons. The van der Waals surface area contributed by atoms with E-state index in [9.17, 15) is 0 Å². The molecule has 0 aliphatic rings. The van der Waals surface area contributed by atoms with Crippen LogP contribution in [0.1, 0.15) is 46.2 Å². The lowest BCUT2D eigenvalue weighted by atomic mass is 9.85. The van der Waals surface area contributed by atoms with E-state index in [1.54, 1.807) is 6.26 Å². The van der Waals surface area contributed by atoms with Gasteiger partial charge in [-0.15, -0.1) is 0 Å². The molecule has 16 heavy (non-hydrogen) atoms. The van der Waals surface area contributed by atoms with Crippen molar-refractivity contribution < 1.29 is 4.42 Å². The standard InChI is InChI=1S/C14H25NO/c1-10(2)14(11(3)4)8-15-12(5)13-6-7-16-9-13/h6-7,9-12,14-15H,8H2,1-5H3. The van der Waals surface area contributed by atoms with Crippen molar-refractivity contribution in [2.45, 2.75) is 40.7 Å². The molecule has 0 aliphatic carbocycles. The lowest BCUT2D eigenvalue weighted by molar-refractivity contribution is 0.268. The van der Waals surface area contributed by atoms with E-state index in [0.717, 1.165) is 24.3 Å². The summed E-state index contributed by atoms with van der Waals surface area (Å²) < 4.78 is 5.10. The summed E-state index contributed by atoms with van der Waals surface area (Å²) in [6.45, 7) is 12.5. The molecule has 0 saturated heterocycles. The minimum Gasteiger partial charge on any atom is -0.472 e. The largest absolute Gasteiger partial charge is 0.472 e. The minimum atomic E-state index is 0.374. The molecular formula is C14H25NO. The molecule has 1 aromatic rings. The van der Waals surface area contributed by atoms with E-state index in [4.69, 9.17) is 4.42 Å². The van der Waals surface area contributed by atoms with E-state index >= 15 is 0 Å². The molecule has 2 heteroatoms. The van der Waals surface area contributed by atoms with Gasteiger partial charge in [-0.05, 0) is 37.3 Å². The van der Waals surface area contributed by atoms with Crippen LogP contribution in [-0.2, 0) is 0 Å². The van der Waals surface area contributed by atoms with E-state index in [0.29, 0.717) is 6.04 Å². The van der Waals surface area contributed by atoms with Crippen molar-refractivity contribution in [1.29, 1.82) is 0 Å². The van der Waals surface area contributed by atoms with Crippen molar-refractivity contribution in [2.75, 3.05) is 6.54 Å². The number of nitrogens with one attached hydrogen (secondary N) is 1. The molecule has 1 atom stereocenters. The Labute approximate surface area is 99.4 Å². The Morgan fingerprint density at radius 2 is 1.75 bits per heavy atom. The summed E-state index contributed by atoms with van der Waals surface area (Å²) in [5.41, 5.74) is 1.23. The summed E-state index contributed by atoms with van der Waals surface area (Å²) in [7, 11) is 0. The maximum absolute atomic E-state index is 5.10. The fraction of sp³-hybridized carbons (Fsp3) is 0.714. The first-order chi connectivity index (χ1) is 7.52. The molecule has 1 unspecified atom stereocenters. The predicted molar refractivity (Wildman–Crippen MR) is 68.3 cm³/mol. The Balaban J connectivity index is 2.43. The number of hydrogen-bond acceptors (Lipinski definition) is 2. The molecule has 1 rings (SSSR count). The van der Waals surface area contributed by atoms with Crippen LogP contribution in [0.15, 0.2) is 23.0 Å². The molecule has 0 spiro atoms. The van der Waals surface area contributed by atoms with Gasteiger partial charge >= 0.3 is 0 Å². The zero-order chi connectivity index (χ0) is 12.1. The predicted octanol–water partition coefficient (Wildman–Crippen LogP) is 3.86. The number of rotatable bonds is 6. The van der Waals surface area contributed by atoms with Gasteiger partial charge in [-0.1, -0.05) is 27.7 Å². The maximum Gasteiger partial charge on any atom is 0.0950 e. The van der Waals surface area contributed by atoms with Crippen LogP contribution in [-0.4, -0.2) is 6.54 Å². The van der Waals surface area contributed by atoms with E-state index in [1.807, 2.05) is 12.3 Å². The first kappa shape index (κ1) is 13.3. The van der Waals surface area contributed by atoms with E-state index in [1.165, 1.54) is 5.56 Å². The van der Waals surface area contributed by atoms with Gasteiger partial charge in [-0.3, -0.25) is 0 Å². The molecule has 2 nitrogen and oxygen atoms in total. The van der Waals surface area contributed by atoms with Crippen LogP contribution in [0, 0.1) is 17.8 Å². The summed E-state index contributed by atoms with van der Waals surface area (Å²) in [5, 5.41) is 3.59. The maximum atomic E-state index is 5.10. The second-order valence-electron chi connectivity index (χ2n) is 5.34. The lowest BCUT2D eigenvalue weighted by Crippen LogP contribution is -2.31. The van der Waals surface area contributed by atoms with Crippen LogP contribution < -0.4 is 5.32 Å². The highest BCUT2D eigenvalue weighted by molar-refractivity contribution is 5.10. The van der Waals surface area contributed by atoms with Gasteiger partial charge in [0, 0.05) is 11.6 Å². The Hall–Kier alpha value is -0.760. The SMILES string of the molecule is CC(NCC(C(C)C)C(C)C)c1ccoc1. The Kier molecular flexibility index (Phi) is 5.07. The molecule has 0 aliphatic heterocycles. The van der Waals surface area contributed by atoms with Crippen LogP contribution in [0.25, 0.3) is 0 Å². The molecule has 0 amide bonds. The van der Waals surface area contributed by atoms with Crippen molar-refractivity contribution in [2.24, 2.45) is 17.8 Å². The van der Waals surface area contributed by atoms with Gasteiger partial charge in [0.25, 0.3) is 0 Å². The van der Waals surface area contributed by atoms with Gasteiger partial charge in [0.2, 0.25) is 0 Å². The number of furan rings is 1. The van der Waals surface area contributed by atoms with E-state index in [-0.39, 0.29) is 0 Å². The topological polar surface area (TPSA) is 25.2 Å². The monoisotopic (exact) mass is 223 g/mol. The summed E-state index contributed by atoms with van der Waals surface area (Å²) in [4.78, 5) is 0. The van der Waals surface area contributed by atoms with E-state index in [2.05, 4.69) is 39.9 Å². The second-order valence-corrected chi connectivity index (χ2v) is 5.34. The van der Waals surface area contributed by atoms with Crippen LogP contribution in [0.5, 0.6) is 0 Å². The van der Waals surface area contributed by atoms with Gasteiger partial charge in [-0.2, -0.15) is 0 Å². The molecule has 0 saturated carbocycles. The first-order valence-corrected chi connectivity index (χ1v) is 6.27. The second kappa shape index (κ2) is 6.09. The summed E-state index contributed by atoms with van der Waals surface area (Å²) >= 11 is 0. The van der Waals surface area contributed by atoms with Crippen molar-refractivity contribution in [3.05, 3.63) is 24.2 Å². The van der Waals surface area contributed by atoms with Crippen molar-refractivity contribution in [3.63, 3.8) is 0 Å². The van der Waals surface area contributed by atoms with Gasteiger partial charge in [0.1, 0.15) is 0 Å². The van der Waals surface area contributed by atoms with Gasteiger partial charge in [0.15, 0.2) is 0 Å². The highest BCUT2D eigenvalue weighted by atomic mass is 16.3. The quantitative estimate of drug-likeness (QED) is 0.792. The summed E-state index contributed by atoms with van der Waals surface area (Å²) in [6, 6.07) is 2.40. The van der Waals surface area contributed by atoms with Crippen LogP contribution in [0.3, 0.4) is 0 Å². The highest BCUT2D eigenvalue weighted by Crippen LogP contribution is 2.21. The van der Waals surface area contributed by atoms with Gasteiger partial charge in [-0.25, -0.2) is 0 Å². The molecular weight excluding hydrogens is 198 g/mol. The minimum absolute atomic E-state index is 0.374. The molecule has 0 aromatic carbocycles. The summed E-state index contributed by atoms with van der Waals surface area (Å²) in [5.74, 6) is 2.18. The van der Waals surface area contributed by atoms with Crippen LogP contribution in [0.2, 0.25) is 0 Å². The lowest BCUT2D eigenvalue weighted by Gasteiger charge is -2.26. The third-order valence-electron chi connectivity index (χ3n) is 3.42. The van der Waals surface area contributed by atoms with Gasteiger partial charge < -0.3 is 9.73 Å². The summed E-state index contributed by atoms with van der Waals surface area (Å²) in [6.07, 6.45) is 3.55. The smallest absolute Gasteiger partial charge is 0.0950 e.